The topological polar surface area (TPSA) is 21.8 Å². The standard InChI is InChI=1S/C6H10Cl2O2/c1-2-6(7,8)10-4-5-3-9-5/h5H,2-4H2,1H3. The minimum atomic E-state index is -1.02. The van der Waals surface area contributed by atoms with Crippen molar-refractivity contribution in [3.8, 4) is 0 Å². The summed E-state index contributed by atoms with van der Waals surface area (Å²) in [5, 5.41) is 0. The summed E-state index contributed by atoms with van der Waals surface area (Å²) in [5.74, 6) is 0. The second kappa shape index (κ2) is 3.26. The van der Waals surface area contributed by atoms with E-state index in [-0.39, 0.29) is 6.10 Å². The van der Waals surface area contributed by atoms with Gasteiger partial charge in [-0.3, -0.25) is 0 Å². The second-order valence-electron chi connectivity index (χ2n) is 2.26. The Morgan fingerprint density at radius 1 is 1.70 bits per heavy atom. The summed E-state index contributed by atoms with van der Waals surface area (Å²) >= 11 is 11.4. The highest BCUT2D eigenvalue weighted by atomic mass is 35.5. The van der Waals surface area contributed by atoms with Crippen LogP contribution in [-0.2, 0) is 9.47 Å². The van der Waals surface area contributed by atoms with E-state index >= 15 is 0 Å². The molecule has 10 heavy (non-hydrogen) atoms. The zero-order valence-electron chi connectivity index (χ0n) is 5.77. The fourth-order valence-electron chi connectivity index (χ4n) is 0.481. The number of hydrogen-bond acceptors (Lipinski definition) is 2. The molecule has 1 rings (SSSR count). The number of alkyl halides is 2. The van der Waals surface area contributed by atoms with Crippen LogP contribution in [0.5, 0.6) is 0 Å². The number of rotatable bonds is 4. The molecule has 1 aliphatic rings. The smallest absolute Gasteiger partial charge is 0.217 e. The third-order valence-corrected chi connectivity index (χ3v) is 2.05. The lowest BCUT2D eigenvalue weighted by Crippen LogP contribution is -2.19. The van der Waals surface area contributed by atoms with Gasteiger partial charge in [0, 0.05) is 6.42 Å². The van der Waals surface area contributed by atoms with Crippen molar-refractivity contribution in [1.29, 1.82) is 0 Å². The van der Waals surface area contributed by atoms with E-state index in [1.165, 1.54) is 0 Å². The van der Waals surface area contributed by atoms with Crippen molar-refractivity contribution < 1.29 is 9.47 Å². The Balaban J connectivity index is 2.09. The van der Waals surface area contributed by atoms with Gasteiger partial charge in [0.25, 0.3) is 0 Å². The van der Waals surface area contributed by atoms with Crippen molar-refractivity contribution in [3.63, 3.8) is 0 Å². The Labute approximate surface area is 70.4 Å². The van der Waals surface area contributed by atoms with E-state index < -0.39 is 4.52 Å². The van der Waals surface area contributed by atoms with Crippen molar-refractivity contribution in [2.75, 3.05) is 13.2 Å². The summed E-state index contributed by atoms with van der Waals surface area (Å²) in [4.78, 5) is 0. The molecular formula is C6H10Cl2O2. The first-order chi connectivity index (χ1) is 4.64. The van der Waals surface area contributed by atoms with Crippen LogP contribution in [0.15, 0.2) is 0 Å². The highest BCUT2D eigenvalue weighted by Gasteiger charge is 2.28. The summed E-state index contributed by atoms with van der Waals surface area (Å²) in [5.41, 5.74) is 0. The molecule has 0 amide bonds. The van der Waals surface area contributed by atoms with Gasteiger partial charge in [-0.2, -0.15) is 0 Å². The number of ether oxygens (including phenoxy) is 2. The van der Waals surface area contributed by atoms with Crippen LogP contribution in [0.4, 0.5) is 0 Å². The summed E-state index contributed by atoms with van der Waals surface area (Å²) < 4.78 is 8.99. The molecule has 1 unspecified atom stereocenters. The van der Waals surface area contributed by atoms with Crippen molar-refractivity contribution in [3.05, 3.63) is 0 Å². The van der Waals surface area contributed by atoms with E-state index in [2.05, 4.69) is 0 Å². The quantitative estimate of drug-likeness (QED) is 0.493. The zero-order chi connectivity index (χ0) is 7.61. The third kappa shape index (κ3) is 3.06. The van der Waals surface area contributed by atoms with Gasteiger partial charge in [-0.25, -0.2) is 0 Å². The second-order valence-corrected chi connectivity index (χ2v) is 3.67. The molecule has 0 aromatic rings. The SMILES string of the molecule is CCC(Cl)(Cl)OCC1CO1. The molecule has 1 saturated heterocycles. The molecule has 0 spiro atoms. The molecule has 0 aromatic carbocycles. The first-order valence-electron chi connectivity index (χ1n) is 3.27. The summed E-state index contributed by atoms with van der Waals surface area (Å²) in [6.45, 7) is 3.14. The van der Waals surface area contributed by atoms with E-state index in [0.717, 1.165) is 6.61 Å². The van der Waals surface area contributed by atoms with E-state index in [0.29, 0.717) is 13.0 Å². The van der Waals surface area contributed by atoms with E-state index in [1.54, 1.807) is 0 Å². The lowest BCUT2D eigenvalue weighted by Gasteiger charge is -2.16. The molecule has 1 heterocycles. The lowest BCUT2D eigenvalue weighted by atomic mass is 10.5. The van der Waals surface area contributed by atoms with Crippen LogP contribution in [0.2, 0.25) is 0 Å². The van der Waals surface area contributed by atoms with Gasteiger partial charge < -0.3 is 9.47 Å². The maximum atomic E-state index is 5.68. The zero-order valence-corrected chi connectivity index (χ0v) is 7.28. The fraction of sp³-hybridized carbons (Fsp3) is 1.00. The normalized spacial score (nSPS) is 24.9. The number of halogens is 2. The monoisotopic (exact) mass is 184 g/mol. The Morgan fingerprint density at radius 3 is 2.70 bits per heavy atom. The molecule has 0 radical (unpaired) electrons. The Kier molecular flexibility index (Phi) is 2.81. The highest BCUT2D eigenvalue weighted by Crippen LogP contribution is 2.27. The predicted molar refractivity (Wildman–Crippen MR) is 40.4 cm³/mol. The van der Waals surface area contributed by atoms with Gasteiger partial charge in [0.15, 0.2) is 0 Å². The predicted octanol–water partition coefficient (Wildman–Crippen LogP) is 1.94. The number of epoxide rings is 1. The van der Waals surface area contributed by atoms with Crippen LogP contribution in [0, 0.1) is 0 Å². The van der Waals surface area contributed by atoms with Crippen molar-refractivity contribution >= 4 is 23.2 Å². The van der Waals surface area contributed by atoms with Crippen LogP contribution in [-0.4, -0.2) is 23.8 Å². The Morgan fingerprint density at radius 2 is 2.30 bits per heavy atom. The molecule has 0 aromatic heterocycles. The minimum Gasteiger partial charge on any atom is -0.371 e. The van der Waals surface area contributed by atoms with Gasteiger partial charge in [-0.05, 0) is 0 Å². The molecule has 1 atom stereocenters. The molecule has 0 saturated carbocycles. The molecule has 1 aliphatic heterocycles. The molecule has 0 N–H and O–H groups in total. The van der Waals surface area contributed by atoms with Gasteiger partial charge in [0.05, 0.1) is 13.2 Å². The van der Waals surface area contributed by atoms with Crippen LogP contribution < -0.4 is 0 Å². The van der Waals surface area contributed by atoms with E-state index in [4.69, 9.17) is 32.7 Å². The van der Waals surface area contributed by atoms with Gasteiger partial charge in [-0.1, -0.05) is 30.1 Å². The van der Waals surface area contributed by atoms with Crippen LogP contribution in [0.25, 0.3) is 0 Å². The molecule has 60 valence electrons. The maximum Gasteiger partial charge on any atom is 0.217 e. The van der Waals surface area contributed by atoms with Crippen molar-refractivity contribution in [1.82, 2.24) is 0 Å². The van der Waals surface area contributed by atoms with Crippen LogP contribution >= 0.6 is 23.2 Å². The molecular weight excluding hydrogens is 175 g/mol. The van der Waals surface area contributed by atoms with E-state index in [9.17, 15) is 0 Å². The fourth-order valence-corrected chi connectivity index (χ4v) is 0.607. The first kappa shape index (κ1) is 8.60. The average molecular weight is 185 g/mol. The van der Waals surface area contributed by atoms with E-state index in [1.807, 2.05) is 6.92 Å². The van der Waals surface area contributed by atoms with Gasteiger partial charge in [-0.15, -0.1) is 0 Å². The van der Waals surface area contributed by atoms with Gasteiger partial charge in [0.1, 0.15) is 6.10 Å². The van der Waals surface area contributed by atoms with Crippen LogP contribution in [0.3, 0.4) is 0 Å². The Bertz CT molecular complexity index is 112. The van der Waals surface area contributed by atoms with Crippen LogP contribution in [0.1, 0.15) is 13.3 Å². The lowest BCUT2D eigenvalue weighted by molar-refractivity contribution is 0.0632. The molecule has 1 fully saturated rings. The first-order valence-corrected chi connectivity index (χ1v) is 4.03. The number of hydrogen-bond donors (Lipinski definition) is 0. The van der Waals surface area contributed by atoms with Crippen molar-refractivity contribution in [2.24, 2.45) is 0 Å². The van der Waals surface area contributed by atoms with Crippen molar-refractivity contribution in [2.45, 2.75) is 24.0 Å². The average Bonchev–Trinajstić information content (AvgIpc) is 2.66. The molecule has 0 bridgehead atoms. The highest BCUT2D eigenvalue weighted by molar-refractivity contribution is 6.47. The summed E-state index contributed by atoms with van der Waals surface area (Å²) in [6, 6.07) is 0. The molecule has 0 aliphatic carbocycles. The van der Waals surface area contributed by atoms with Gasteiger partial charge >= 0.3 is 0 Å². The molecule has 4 heteroatoms. The summed E-state index contributed by atoms with van der Waals surface area (Å²) in [6.07, 6.45) is 0.812. The third-order valence-electron chi connectivity index (χ3n) is 1.29. The largest absolute Gasteiger partial charge is 0.371 e. The maximum absolute atomic E-state index is 5.68. The summed E-state index contributed by atoms with van der Waals surface area (Å²) in [7, 11) is 0. The van der Waals surface area contributed by atoms with Gasteiger partial charge in [0.2, 0.25) is 4.52 Å². The minimum absolute atomic E-state index is 0.225. The Hall–Kier alpha value is 0.500. The molecule has 2 nitrogen and oxygen atoms in total.